The van der Waals surface area contributed by atoms with Crippen molar-refractivity contribution in [3.05, 3.63) is 24.0 Å². The number of rotatable bonds is 3. The highest BCUT2D eigenvalue weighted by molar-refractivity contribution is 5.92. The van der Waals surface area contributed by atoms with Crippen LogP contribution in [-0.4, -0.2) is 41.5 Å². The van der Waals surface area contributed by atoms with E-state index in [1.165, 1.54) is 0 Å². The lowest BCUT2D eigenvalue weighted by molar-refractivity contribution is 0.0651. The molecule has 0 radical (unpaired) electrons. The number of hydrogen-bond donors (Lipinski definition) is 2. The summed E-state index contributed by atoms with van der Waals surface area (Å²) < 4.78 is 0. The number of carbonyl (C=O) groups is 1. The summed E-state index contributed by atoms with van der Waals surface area (Å²) in [4.78, 5) is 17.2. The maximum Gasteiger partial charge on any atom is 0.270 e. The Labute approximate surface area is 96.0 Å². The highest BCUT2D eigenvalue weighted by Gasteiger charge is 2.24. The molecule has 0 atom stereocenters. The summed E-state index contributed by atoms with van der Waals surface area (Å²) in [6, 6.07) is 4.09. The molecule has 88 valence electrons. The van der Waals surface area contributed by atoms with Crippen molar-refractivity contribution in [3.8, 4) is 0 Å². The van der Waals surface area contributed by atoms with Gasteiger partial charge in [-0.25, -0.2) is 0 Å². The van der Waals surface area contributed by atoms with E-state index >= 15 is 0 Å². The second-order valence-electron chi connectivity index (χ2n) is 4.16. The lowest BCUT2D eigenvalue weighted by atomic mass is 10.0. The van der Waals surface area contributed by atoms with E-state index in [1.54, 1.807) is 6.20 Å². The van der Waals surface area contributed by atoms with Crippen LogP contribution in [0.3, 0.4) is 0 Å². The molecular weight excluding hydrogens is 202 g/mol. The van der Waals surface area contributed by atoms with E-state index < -0.39 is 0 Å². The number of piperidine rings is 1. The summed E-state index contributed by atoms with van der Waals surface area (Å²) >= 11 is 0. The molecule has 4 nitrogen and oxygen atoms in total. The van der Waals surface area contributed by atoms with Crippen LogP contribution in [0.25, 0.3) is 0 Å². The second-order valence-corrected chi connectivity index (χ2v) is 4.16. The maximum absolute atomic E-state index is 12.2. The topological polar surface area (TPSA) is 48.1 Å². The van der Waals surface area contributed by atoms with E-state index in [0.717, 1.165) is 32.5 Å². The molecule has 2 heterocycles. The molecule has 0 aliphatic carbocycles. The Morgan fingerprint density at radius 1 is 1.50 bits per heavy atom. The van der Waals surface area contributed by atoms with E-state index in [9.17, 15) is 4.79 Å². The van der Waals surface area contributed by atoms with Crippen molar-refractivity contribution in [3.63, 3.8) is 0 Å². The molecule has 0 bridgehead atoms. The van der Waals surface area contributed by atoms with Gasteiger partial charge in [0.2, 0.25) is 0 Å². The second kappa shape index (κ2) is 5.16. The number of H-pyrrole nitrogens is 1. The maximum atomic E-state index is 12.2. The summed E-state index contributed by atoms with van der Waals surface area (Å²) in [6.45, 7) is 4.85. The molecule has 0 aromatic carbocycles. The number of aromatic nitrogens is 1. The lowest BCUT2D eigenvalue weighted by Crippen LogP contribution is -2.46. The smallest absolute Gasteiger partial charge is 0.270 e. The van der Waals surface area contributed by atoms with Crippen molar-refractivity contribution in [2.24, 2.45) is 0 Å². The molecule has 1 amide bonds. The number of carbonyl (C=O) groups excluding carboxylic acids is 1. The first kappa shape index (κ1) is 11.2. The predicted octanol–water partition coefficient (Wildman–Crippen LogP) is 1.23. The first-order valence-corrected chi connectivity index (χ1v) is 5.98. The third-order valence-electron chi connectivity index (χ3n) is 3.18. The molecule has 0 spiro atoms. The molecule has 1 aliphatic rings. The fourth-order valence-electron chi connectivity index (χ4n) is 2.30. The number of amides is 1. The van der Waals surface area contributed by atoms with E-state index in [4.69, 9.17) is 0 Å². The van der Waals surface area contributed by atoms with Gasteiger partial charge in [-0.1, -0.05) is 0 Å². The van der Waals surface area contributed by atoms with Crippen LogP contribution in [-0.2, 0) is 0 Å². The zero-order chi connectivity index (χ0) is 11.4. The number of nitrogens with one attached hydrogen (secondary N) is 2. The van der Waals surface area contributed by atoms with E-state index in [-0.39, 0.29) is 5.91 Å². The molecule has 4 heteroatoms. The summed E-state index contributed by atoms with van der Waals surface area (Å²) in [5.74, 6) is 0.124. The van der Waals surface area contributed by atoms with Crippen LogP contribution >= 0.6 is 0 Å². The van der Waals surface area contributed by atoms with Crippen molar-refractivity contribution in [1.82, 2.24) is 15.2 Å². The first-order chi connectivity index (χ1) is 7.83. The van der Waals surface area contributed by atoms with Gasteiger partial charge in [0.1, 0.15) is 5.69 Å². The van der Waals surface area contributed by atoms with E-state index in [0.29, 0.717) is 11.7 Å². The largest absolute Gasteiger partial charge is 0.357 e. The Hall–Kier alpha value is -1.29. The van der Waals surface area contributed by atoms with Gasteiger partial charge in [0.15, 0.2) is 0 Å². The molecule has 1 fully saturated rings. The Balaban J connectivity index is 2.06. The third-order valence-corrected chi connectivity index (χ3v) is 3.18. The van der Waals surface area contributed by atoms with Crippen molar-refractivity contribution >= 4 is 5.91 Å². The quantitative estimate of drug-likeness (QED) is 0.806. The zero-order valence-electron chi connectivity index (χ0n) is 9.70. The molecule has 0 unspecified atom stereocenters. The van der Waals surface area contributed by atoms with Crippen LogP contribution < -0.4 is 5.32 Å². The minimum Gasteiger partial charge on any atom is -0.357 e. The highest BCUT2D eigenvalue weighted by atomic mass is 16.2. The standard InChI is InChI=1S/C12H19N3O/c1-2-15(10-5-8-13-9-6-10)12(16)11-4-3-7-14-11/h3-4,7,10,13-14H,2,5-6,8-9H2,1H3. The van der Waals surface area contributed by atoms with Crippen LogP contribution in [0.15, 0.2) is 18.3 Å². The van der Waals surface area contributed by atoms with Crippen molar-refractivity contribution in [2.45, 2.75) is 25.8 Å². The molecule has 2 N–H and O–H groups in total. The highest BCUT2D eigenvalue weighted by Crippen LogP contribution is 2.14. The van der Waals surface area contributed by atoms with Crippen LogP contribution in [0.4, 0.5) is 0 Å². The van der Waals surface area contributed by atoms with E-state index in [2.05, 4.69) is 10.3 Å². The average Bonchev–Trinajstić information content (AvgIpc) is 2.85. The summed E-state index contributed by atoms with van der Waals surface area (Å²) in [6.07, 6.45) is 3.91. The molecule has 1 saturated heterocycles. The Morgan fingerprint density at radius 3 is 2.81 bits per heavy atom. The van der Waals surface area contributed by atoms with E-state index in [1.807, 2.05) is 24.0 Å². The van der Waals surface area contributed by atoms with Crippen LogP contribution in [0.5, 0.6) is 0 Å². The zero-order valence-corrected chi connectivity index (χ0v) is 9.70. The summed E-state index contributed by atoms with van der Waals surface area (Å²) in [5, 5.41) is 3.32. The van der Waals surface area contributed by atoms with Gasteiger partial charge >= 0.3 is 0 Å². The van der Waals surface area contributed by atoms with Crippen LogP contribution in [0, 0.1) is 0 Å². The van der Waals surface area contributed by atoms with Gasteiger partial charge in [0.05, 0.1) is 0 Å². The normalized spacial score (nSPS) is 17.3. The van der Waals surface area contributed by atoms with Gasteiger partial charge in [0, 0.05) is 18.8 Å². The minimum atomic E-state index is 0.124. The van der Waals surface area contributed by atoms with Gasteiger partial charge in [-0.05, 0) is 45.0 Å². The van der Waals surface area contributed by atoms with Crippen LogP contribution in [0.2, 0.25) is 0 Å². The van der Waals surface area contributed by atoms with Crippen molar-refractivity contribution < 1.29 is 4.79 Å². The fraction of sp³-hybridized carbons (Fsp3) is 0.583. The molecular formula is C12H19N3O. The Morgan fingerprint density at radius 2 is 2.25 bits per heavy atom. The van der Waals surface area contributed by atoms with Gasteiger partial charge in [-0.3, -0.25) is 4.79 Å². The summed E-state index contributed by atoms with van der Waals surface area (Å²) in [5.41, 5.74) is 0.695. The van der Waals surface area contributed by atoms with Gasteiger partial charge in [0.25, 0.3) is 5.91 Å². The molecule has 16 heavy (non-hydrogen) atoms. The van der Waals surface area contributed by atoms with Gasteiger partial charge in [-0.15, -0.1) is 0 Å². The summed E-state index contributed by atoms with van der Waals surface area (Å²) in [7, 11) is 0. The van der Waals surface area contributed by atoms with Gasteiger partial charge in [-0.2, -0.15) is 0 Å². The predicted molar refractivity (Wildman–Crippen MR) is 63.4 cm³/mol. The average molecular weight is 221 g/mol. The van der Waals surface area contributed by atoms with Crippen molar-refractivity contribution in [1.29, 1.82) is 0 Å². The monoisotopic (exact) mass is 221 g/mol. The molecule has 1 aliphatic heterocycles. The Bertz CT molecular complexity index is 328. The number of hydrogen-bond acceptors (Lipinski definition) is 2. The number of aromatic amines is 1. The molecule has 2 rings (SSSR count). The first-order valence-electron chi connectivity index (χ1n) is 5.98. The number of nitrogens with zero attached hydrogens (tertiary/aromatic N) is 1. The van der Waals surface area contributed by atoms with Crippen molar-refractivity contribution in [2.75, 3.05) is 19.6 Å². The molecule has 0 saturated carbocycles. The molecule has 1 aromatic rings. The third kappa shape index (κ3) is 2.27. The van der Waals surface area contributed by atoms with Crippen LogP contribution in [0.1, 0.15) is 30.3 Å². The lowest BCUT2D eigenvalue weighted by Gasteiger charge is -2.33. The minimum absolute atomic E-state index is 0.124. The Kier molecular flexibility index (Phi) is 3.62. The molecule has 1 aromatic heterocycles. The SMILES string of the molecule is CCN(C(=O)c1ccc[nH]1)C1CCNCC1. The fourth-order valence-corrected chi connectivity index (χ4v) is 2.30. The van der Waals surface area contributed by atoms with Gasteiger partial charge < -0.3 is 15.2 Å².